The summed E-state index contributed by atoms with van der Waals surface area (Å²) in [6, 6.07) is 3.05. The van der Waals surface area contributed by atoms with Gasteiger partial charge in [0, 0.05) is 6.42 Å². The zero-order valence-electron chi connectivity index (χ0n) is 9.66. The van der Waals surface area contributed by atoms with Gasteiger partial charge in [0.1, 0.15) is 11.4 Å². The molecule has 0 unspecified atom stereocenters. The third kappa shape index (κ3) is 2.82. The Morgan fingerprint density at radius 1 is 1.50 bits per heavy atom. The summed E-state index contributed by atoms with van der Waals surface area (Å²) < 4.78 is 9.48. The van der Waals surface area contributed by atoms with Crippen LogP contribution < -0.4 is 0 Å². The van der Waals surface area contributed by atoms with E-state index < -0.39 is 0 Å². The number of esters is 1. The van der Waals surface area contributed by atoms with Crippen molar-refractivity contribution in [2.45, 2.75) is 12.8 Å². The predicted octanol–water partition coefficient (Wildman–Crippen LogP) is 0.943. The topological polar surface area (TPSA) is 98.3 Å². The van der Waals surface area contributed by atoms with Gasteiger partial charge in [-0.15, -0.1) is 0 Å². The smallest absolute Gasteiger partial charge is 0.306 e. The molecule has 2 rings (SSSR count). The fourth-order valence-corrected chi connectivity index (χ4v) is 1.29. The van der Waals surface area contributed by atoms with Gasteiger partial charge in [0.15, 0.2) is 0 Å². The summed E-state index contributed by atoms with van der Waals surface area (Å²) >= 11 is 0. The number of aryl methyl sites for hydroxylation is 1. The maximum Gasteiger partial charge on any atom is 0.306 e. The lowest BCUT2D eigenvalue weighted by Crippen LogP contribution is -2.01. The first-order valence-corrected chi connectivity index (χ1v) is 5.24. The molecular weight excluding hydrogens is 238 g/mol. The molecule has 0 aliphatic heterocycles. The van der Waals surface area contributed by atoms with Crippen LogP contribution in [0.2, 0.25) is 0 Å². The Morgan fingerprint density at radius 3 is 3.00 bits per heavy atom. The van der Waals surface area contributed by atoms with Gasteiger partial charge in [-0.1, -0.05) is 5.16 Å². The van der Waals surface area contributed by atoms with Crippen molar-refractivity contribution in [1.29, 1.82) is 0 Å². The maximum absolute atomic E-state index is 10.9. The summed E-state index contributed by atoms with van der Waals surface area (Å²) in [5, 5.41) is 12.8. The first kappa shape index (κ1) is 12.0. The molecule has 0 fully saturated rings. The Morgan fingerprint density at radius 2 is 2.33 bits per heavy atom. The number of rotatable bonds is 4. The normalized spacial score (nSPS) is 10.3. The molecule has 0 aliphatic rings. The Labute approximate surface area is 102 Å². The molecule has 1 N–H and O–H groups in total. The van der Waals surface area contributed by atoms with Gasteiger partial charge in [-0.2, -0.15) is 4.98 Å². The van der Waals surface area contributed by atoms with Crippen molar-refractivity contribution in [1.82, 2.24) is 15.1 Å². The Balaban J connectivity index is 2.06. The van der Waals surface area contributed by atoms with Crippen molar-refractivity contribution in [2.24, 2.45) is 0 Å². The van der Waals surface area contributed by atoms with Gasteiger partial charge in [-0.05, 0) is 12.1 Å². The number of aromatic nitrogens is 3. The van der Waals surface area contributed by atoms with Crippen molar-refractivity contribution in [3.05, 3.63) is 24.2 Å². The molecule has 0 amide bonds. The van der Waals surface area contributed by atoms with Gasteiger partial charge in [0.25, 0.3) is 0 Å². The molecule has 0 aromatic carbocycles. The van der Waals surface area contributed by atoms with Crippen LogP contribution in [0.1, 0.15) is 12.3 Å². The van der Waals surface area contributed by atoms with Crippen LogP contribution in [0.5, 0.6) is 5.75 Å². The lowest BCUT2D eigenvalue weighted by molar-refractivity contribution is -0.140. The van der Waals surface area contributed by atoms with Gasteiger partial charge in [0.2, 0.25) is 11.7 Å². The fraction of sp³-hybridized carbons (Fsp3) is 0.273. The number of pyridine rings is 1. The van der Waals surface area contributed by atoms with E-state index in [9.17, 15) is 4.79 Å². The molecule has 2 heterocycles. The monoisotopic (exact) mass is 249 g/mol. The van der Waals surface area contributed by atoms with Crippen molar-refractivity contribution in [3.8, 4) is 17.3 Å². The van der Waals surface area contributed by atoms with E-state index in [0.29, 0.717) is 23.8 Å². The number of carbonyl (C=O) groups is 1. The second kappa shape index (κ2) is 5.26. The summed E-state index contributed by atoms with van der Waals surface area (Å²) in [5.74, 6) is 0.380. The average molecular weight is 249 g/mol. The van der Waals surface area contributed by atoms with Crippen LogP contribution in [0, 0.1) is 0 Å². The molecule has 94 valence electrons. The lowest BCUT2D eigenvalue weighted by atomic mass is 10.3. The number of methoxy groups -OCH3 is 1. The Kier molecular flexibility index (Phi) is 3.52. The van der Waals surface area contributed by atoms with Crippen LogP contribution in [-0.2, 0) is 16.0 Å². The van der Waals surface area contributed by atoms with Gasteiger partial charge >= 0.3 is 5.97 Å². The highest BCUT2D eigenvalue weighted by Gasteiger charge is 2.11. The summed E-state index contributed by atoms with van der Waals surface area (Å²) in [5.41, 5.74) is 0.487. The molecule has 18 heavy (non-hydrogen) atoms. The van der Waals surface area contributed by atoms with Gasteiger partial charge < -0.3 is 14.4 Å². The summed E-state index contributed by atoms with van der Waals surface area (Å²) in [7, 11) is 1.32. The maximum atomic E-state index is 10.9. The zero-order chi connectivity index (χ0) is 13.0. The highest BCUT2D eigenvalue weighted by Crippen LogP contribution is 2.16. The zero-order valence-corrected chi connectivity index (χ0v) is 9.66. The van der Waals surface area contributed by atoms with Crippen molar-refractivity contribution < 1.29 is 19.2 Å². The number of hydrogen-bond acceptors (Lipinski definition) is 7. The van der Waals surface area contributed by atoms with E-state index in [0.717, 1.165) is 0 Å². The molecule has 0 saturated carbocycles. The third-order valence-electron chi connectivity index (χ3n) is 2.22. The predicted molar refractivity (Wildman–Crippen MR) is 59.5 cm³/mol. The summed E-state index contributed by atoms with van der Waals surface area (Å²) in [6.07, 6.45) is 1.79. The van der Waals surface area contributed by atoms with E-state index in [2.05, 4.69) is 19.9 Å². The van der Waals surface area contributed by atoms with Crippen LogP contribution in [0.3, 0.4) is 0 Å². The van der Waals surface area contributed by atoms with Crippen LogP contribution in [-0.4, -0.2) is 33.3 Å². The highest BCUT2D eigenvalue weighted by atomic mass is 16.5. The standard InChI is InChI=1S/C11H11N3O4/c1-17-10(16)5-4-9-13-11(14-18-9)8-3-2-7(15)6-12-8/h2-3,6,15H,4-5H2,1H3. The number of ether oxygens (including phenoxy) is 1. The number of hydrogen-bond donors (Lipinski definition) is 1. The van der Waals surface area contributed by atoms with E-state index in [1.807, 2.05) is 0 Å². The Bertz CT molecular complexity index is 535. The van der Waals surface area contributed by atoms with Crippen molar-refractivity contribution in [3.63, 3.8) is 0 Å². The largest absolute Gasteiger partial charge is 0.506 e. The molecule has 0 spiro atoms. The molecule has 0 radical (unpaired) electrons. The van der Waals surface area contributed by atoms with Gasteiger partial charge in [0.05, 0.1) is 19.7 Å². The highest BCUT2D eigenvalue weighted by molar-refractivity contribution is 5.69. The lowest BCUT2D eigenvalue weighted by Gasteiger charge is -1.94. The third-order valence-corrected chi connectivity index (χ3v) is 2.22. The molecule has 2 aromatic rings. The van der Waals surface area contributed by atoms with Gasteiger partial charge in [-0.3, -0.25) is 4.79 Å². The van der Waals surface area contributed by atoms with E-state index in [4.69, 9.17) is 9.63 Å². The van der Waals surface area contributed by atoms with Crippen molar-refractivity contribution >= 4 is 5.97 Å². The van der Waals surface area contributed by atoms with Crippen LogP contribution in [0.15, 0.2) is 22.9 Å². The molecule has 0 saturated heterocycles. The number of nitrogens with zero attached hydrogens (tertiary/aromatic N) is 3. The van der Waals surface area contributed by atoms with Crippen LogP contribution in [0.25, 0.3) is 11.5 Å². The van der Waals surface area contributed by atoms with Crippen LogP contribution >= 0.6 is 0 Å². The second-order valence-electron chi connectivity index (χ2n) is 3.49. The molecule has 7 nitrogen and oxygen atoms in total. The van der Waals surface area contributed by atoms with E-state index in [1.54, 1.807) is 6.07 Å². The van der Waals surface area contributed by atoms with Crippen molar-refractivity contribution in [2.75, 3.05) is 7.11 Å². The van der Waals surface area contributed by atoms with Gasteiger partial charge in [-0.25, -0.2) is 4.98 Å². The Hall–Kier alpha value is -2.44. The minimum atomic E-state index is -0.336. The van der Waals surface area contributed by atoms with Crippen LogP contribution in [0.4, 0.5) is 0 Å². The first-order valence-electron chi connectivity index (χ1n) is 5.24. The minimum absolute atomic E-state index is 0.0631. The van der Waals surface area contributed by atoms with E-state index in [-0.39, 0.29) is 18.1 Å². The SMILES string of the molecule is COC(=O)CCc1nc(-c2ccc(O)cn2)no1. The average Bonchev–Trinajstić information content (AvgIpc) is 2.85. The minimum Gasteiger partial charge on any atom is -0.506 e. The van der Waals surface area contributed by atoms with E-state index >= 15 is 0 Å². The fourth-order valence-electron chi connectivity index (χ4n) is 1.29. The molecule has 0 atom stereocenters. The molecule has 0 bridgehead atoms. The van der Waals surface area contributed by atoms with E-state index in [1.165, 1.54) is 19.4 Å². The number of aromatic hydroxyl groups is 1. The molecule has 0 aliphatic carbocycles. The number of carbonyl (C=O) groups excluding carboxylic acids is 1. The molecule has 2 aromatic heterocycles. The first-order chi connectivity index (χ1) is 8.69. The molecular formula is C11H11N3O4. The quantitative estimate of drug-likeness (QED) is 0.805. The molecule has 7 heteroatoms. The second-order valence-corrected chi connectivity index (χ2v) is 3.49. The summed E-state index contributed by atoms with van der Waals surface area (Å²) in [4.78, 5) is 19.0. The summed E-state index contributed by atoms with van der Waals surface area (Å²) in [6.45, 7) is 0.